The lowest BCUT2D eigenvalue weighted by Gasteiger charge is -2.22. The van der Waals surface area contributed by atoms with Crippen molar-refractivity contribution >= 4 is 23.8 Å². The largest absolute Gasteiger partial charge is 0.395 e. The Balaban J connectivity index is 1.62. The van der Waals surface area contributed by atoms with E-state index < -0.39 is 5.91 Å². The molecule has 1 aromatic heterocycles. The van der Waals surface area contributed by atoms with E-state index in [0.717, 1.165) is 37.2 Å². The number of hydroxylamine groups is 1. The molecule has 2 aromatic rings. The zero-order valence-corrected chi connectivity index (χ0v) is 15.7. The maximum Gasteiger partial charge on any atom is 0.267 e. The summed E-state index contributed by atoms with van der Waals surface area (Å²) in [6.07, 6.45) is 7.82. The fraction of sp³-hybridized carbons (Fsp3) is 0.286. The second-order valence-electron chi connectivity index (χ2n) is 6.74. The predicted octanol–water partition coefficient (Wildman–Crippen LogP) is -0.0902. The predicted molar refractivity (Wildman–Crippen MR) is 108 cm³/mol. The second kappa shape index (κ2) is 9.89. The zero-order chi connectivity index (χ0) is 19.8. The number of amides is 1. The average molecular weight is 382 g/mol. The Bertz CT molecular complexity index is 931. The van der Waals surface area contributed by atoms with Gasteiger partial charge in [-0.1, -0.05) is 24.3 Å². The molecular formula is C21H26N4O3. The fourth-order valence-corrected chi connectivity index (χ4v) is 3.30. The number of fused-ring (bicyclic) bond motifs is 1. The number of rotatable bonds is 9. The van der Waals surface area contributed by atoms with E-state index in [1.54, 1.807) is 11.6 Å². The topological polar surface area (TPSA) is 101 Å². The van der Waals surface area contributed by atoms with Crippen molar-refractivity contribution in [2.24, 2.45) is 0 Å². The van der Waals surface area contributed by atoms with Crippen molar-refractivity contribution in [3.05, 3.63) is 64.3 Å². The van der Waals surface area contributed by atoms with Crippen LogP contribution in [0.25, 0.3) is 17.8 Å². The van der Waals surface area contributed by atoms with Crippen LogP contribution in [-0.4, -0.2) is 52.3 Å². The molecule has 5 N–H and O–H groups in total. The average Bonchev–Trinajstić information content (AvgIpc) is 3.21. The van der Waals surface area contributed by atoms with E-state index in [1.165, 1.54) is 22.2 Å². The van der Waals surface area contributed by atoms with Crippen molar-refractivity contribution in [3.8, 4) is 0 Å². The van der Waals surface area contributed by atoms with Gasteiger partial charge in [0.15, 0.2) is 0 Å². The molecule has 0 atom stereocenters. The number of aliphatic hydroxyl groups excluding tert-OH is 1. The van der Waals surface area contributed by atoms with Gasteiger partial charge in [-0.05, 0) is 35.3 Å². The Labute approximate surface area is 163 Å². The number of aromatic amines is 1. The Morgan fingerprint density at radius 1 is 1.21 bits per heavy atom. The van der Waals surface area contributed by atoms with E-state index in [0.29, 0.717) is 6.54 Å². The van der Waals surface area contributed by atoms with Gasteiger partial charge < -0.3 is 15.4 Å². The molecule has 7 heteroatoms. The van der Waals surface area contributed by atoms with Crippen molar-refractivity contribution < 1.29 is 15.1 Å². The third-order valence-electron chi connectivity index (χ3n) is 4.78. The summed E-state index contributed by atoms with van der Waals surface area (Å²) < 4.78 is 0. The summed E-state index contributed by atoms with van der Waals surface area (Å²) in [5.74, 6) is -0.560. The van der Waals surface area contributed by atoms with Gasteiger partial charge in [-0.3, -0.25) is 14.9 Å². The summed E-state index contributed by atoms with van der Waals surface area (Å²) in [4.78, 5) is 16.6. The van der Waals surface area contributed by atoms with Gasteiger partial charge in [0.05, 0.1) is 6.61 Å². The molecule has 1 aliphatic rings. The minimum atomic E-state index is -0.560. The number of hydrogen-bond acceptors (Lipinski definition) is 5. The van der Waals surface area contributed by atoms with Gasteiger partial charge in [0.25, 0.3) is 5.91 Å². The first-order chi connectivity index (χ1) is 13.7. The number of H-pyrrole nitrogens is 1. The number of carbonyl (C=O) groups is 1. The third kappa shape index (κ3) is 5.32. The molecule has 1 amide bonds. The summed E-state index contributed by atoms with van der Waals surface area (Å²) in [5, 5.41) is 23.6. The Morgan fingerprint density at radius 3 is 2.79 bits per heavy atom. The molecule has 1 aliphatic heterocycles. The molecule has 1 aromatic carbocycles. The number of aliphatic hydroxyl groups is 1. The Kier molecular flexibility index (Phi) is 7.02. The highest BCUT2D eigenvalue weighted by molar-refractivity contribution is 5.90. The lowest BCUT2D eigenvalue weighted by molar-refractivity contribution is -0.124. The van der Waals surface area contributed by atoms with E-state index in [9.17, 15) is 9.90 Å². The molecule has 148 valence electrons. The summed E-state index contributed by atoms with van der Waals surface area (Å²) >= 11 is 0. The first kappa shape index (κ1) is 19.9. The summed E-state index contributed by atoms with van der Waals surface area (Å²) in [7, 11) is 0. The van der Waals surface area contributed by atoms with Crippen LogP contribution in [0.4, 0.5) is 0 Å². The first-order valence-corrected chi connectivity index (χ1v) is 9.33. The molecular weight excluding hydrogens is 356 g/mol. The highest BCUT2D eigenvalue weighted by Gasteiger charge is 2.10. The lowest BCUT2D eigenvalue weighted by Crippen LogP contribution is -2.37. The normalized spacial score (nSPS) is 13.3. The molecule has 0 aliphatic carbocycles. The summed E-state index contributed by atoms with van der Waals surface area (Å²) in [6.45, 7) is 3.17. The minimum absolute atomic E-state index is 0.117. The van der Waals surface area contributed by atoms with Crippen LogP contribution in [0.5, 0.6) is 0 Å². The van der Waals surface area contributed by atoms with Gasteiger partial charge in [-0.2, -0.15) is 0 Å². The van der Waals surface area contributed by atoms with Crippen molar-refractivity contribution in [3.63, 3.8) is 0 Å². The van der Waals surface area contributed by atoms with Crippen molar-refractivity contribution in [1.82, 2.24) is 20.7 Å². The molecule has 2 heterocycles. The highest BCUT2D eigenvalue weighted by Crippen LogP contribution is 2.11. The van der Waals surface area contributed by atoms with E-state index in [-0.39, 0.29) is 6.61 Å². The quantitative estimate of drug-likeness (QED) is 0.237. The molecule has 28 heavy (non-hydrogen) atoms. The van der Waals surface area contributed by atoms with Gasteiger partial charge in [0.2, 0.25) is 0 Å². The zero-order valence-electron chi connectivity index (χ0n) is 15.7. The van der Waals surface area contributed by atoms with E-state index in [1.807, 2.05) is 36.7 Å². The van der Waals surface area contributed by atoms with Crippen LogP contribution >= 0.6 is 0 Å². The molecule has 0 fully saturated rings. The molecule has 0 bridgehead atoms. The van der Waals surface area contributed by atoms with Gasteiger partial charge in [-0.25, -0.2) is 5.48 Å². The van der Waals surface area contributed by atoms with Crippen LogP contribution in [0.1, 0.15) is 17.5 Å². The third-order valence-corrected chi connectivity index (χ3v) is 4.78. The van der Waals surface area contributed by atoms with Gasteiger partial charge in [0, 0.05) is 55.2 Å². The van der Waals surface area contributed by atoms with Crippen molar-refractivity contribution in [2.45, 2.75) is 13.0 Å². The number of nitrogens with zero attached hydrogens (tertiary/aromatic N) is 1. The Hall–Kier alpha value is -2.87. The van der Waals surface area contributed by atoms with Gasteiger partial charge in [0.1, 0.15) is 0 Å². The van der Waals surface area contributed by atoms with Crippen LogP contribution in [0.3, 0.4) is 0 Å². The molecule has 0 radical (unpaired) electrons. The lowest BCUT2D eigenvalue weighted by atomic mass is 10.1. The number of nitrogens with one attached hydrogen (secondary N) is 3. The number of aromatic nitrogens is 1. The molecule has 0 spiro atoms. The van der Waals surface area contributed by atoms with Crippen LogP contribution < -0.4 is 21.4 Å². The molecule has 0 saturated carbocycles. The standard InChI is InChI=1S/C21H26N4O3/c26-12-11-25(10-8-19-14-22-13-18-7-9-23-21(18)19)15-17-3-1-16(2-4-17)5-6-20(27)24-28/h1-7,9,13,22-23,26,28H,8,10-12,14-15H2,(H,24,27)/b6-5+. The molecule has 3 rings (SSSR count). The van der Waals surface area contributed by atoms with Crippen LogP contribution in [0, 0.1) is 0 Å². The first-order valence-electron chi connectivity index (χ1n) is 9.33. The summed E-state index contributed by atoms with van der Waals surface area (Å²) in [5.41, 5.74) is 4.92. The molecule has 0 saturated heterocycles. The number of carbonyl (C=O) groups excluding carboxylic acids is 1. The maximum atomic E-state index is 11.0. The van der Waals surface area contributed by atoms with Crippen LogP contribution in [0.15, 0.2) is 42.6 Å². The smallest absolute Gasteiger partial charge is 0.267 e. The summed E-state index contributed by atoms with van der Waals surface area (Å²) in [6, 6.07) is 9.93. The van der Waals surface area contributed by atoms with Gasteiger partial charge in [-0.15, -0.1) is 0 Å². The second-order valence-corrected chi connectivity index (χ2v) is 6.74. The van der Waals surface area contributed by atoms with E-state index in [4.69, 9.17) is 5.21 Å². The van der Waals surface area contributed by atoms with Gasteiger partial charge >= 0.3 is 0 Å². The number of hydrogen-bond donors (Lipinski definition) is 5. The SMILES string of the molecule is O=C(/C=C/c1ccc(CN(CCO)CCC2=c3[nH]ccc3=CNC2)cc1)NO. The van der Waals surface area contributed by atoms with E-state index in [2.05, 4.69) is 21.3 Å². The highest BCUT2D eigenvalue weighted by atomic mass is 16.5. The van der Waals surface area contributed by atoms with Crippen molar-refractivity contribution in [2.75, 3.05) is 26.2 Å². The van der Waals surface area contributed by atoms with E-state index >= 15 is 0 Å². The monoisotopic (exact) mass is 382 g/mol. The number of benzene rings is 1. The Morgan fingerprint density at radius 2 is 2.04 bits per heavy atom. The maximum absolute atomic E-state index is 11.0. The molecule has 7 nitrogen and oxygen atoms in total. The van der Waals surface area contributed by atoms with Crippen LogP contribution in [0.2, 0.25) is 0 Å². The van der Waals surface area contributed by atoms with Crippen LogP contribution in [-0.2, 0) is 11.3 Å². The molecule has 0 unspecified atom stereocenters. The van der Waals surface area contributed by atoms with Crippen molar-refractivity contribution in [1.29, 1.82) is 0 Å². The minimum Gasteiger partial charge on any atom is -0.395 e. The fourth-order valence-electron chi connectivity index (χ4n) is 3.30.